The van der Waals surface area contributed by atoms with Crippen molar-refractivity contribution in [3.05, 3.63) is 70.0 Å². The molecule has 0 bridgehead atoms. The molecule has 5 heteroatoms. The number of nitrogens with zero attached hydrogens (tertiary/aromatic N) is 2. The van der Waals surface area contributed by atoms with Crippen LogP contribution in [-0.4, -0.2) is 53.9 Å². The Hall–Kier alpha value is -2.92. The van der Waals surface area contributed by atoms with Crippen LogP contribution in [-0.2, 0) is 0 Å². The highest BCUT2D eigenvalue weighted by molar-refractivity contribution is 5.95. The number of aromatic nitrogens is 1. The fraction of sp³-hybridized carbons (Fsp3) is 0.304. The van der Waals surface area contributed by atoms with Gasteiger partial charge in [-0.3, -0.25) is 9.59 Å². The standard InChI is InChI=1S/C23H25N3O2/c1-15-19-6-4-5-7-20(19)24-22(27)21(15)16-8-10-17(11-9-16)23(28)26-13-12-18(14-26)25(2)3/h4-11,18H,12-14H2,1-3H3,(H,24,27). The van der Waals surface area contributed by atoms with Gasteiger partial charge in [0.15, 0.2) is 0 Å². The lowest BCUT2D eigenvalue weighted by Gasteiger charge is -2.20. The summed E-state index contributed by atoms with van der Waals surface area (Å²) < 4.78 is 0. The molecule has 1 amide bonds. The van der Waals surface area contributed by atoms with Crippen LogP contribution in [0.2, 0.25) is 0 Å². The highest BCUT2D eigenvalue weighted by atomic mass is 16.2. The maximum atomic E-state index is 12.8. The molecule has 1 aliphatic rings. The quantitative estimate of drug-likeness (QED) is 0.764. The van der Waals surface area contributed by atoms with Crippen LogP contribution in [0.5, 0.6) is 0 Å². The van der Waals surface area contributed by atoms with Crippen LogP contribution < -0.4 is 5.56 Å². The molecule has 144 valence electrons. The molecule has 0 saturated carbocycles. The number of H-pyrrole nitrogens is 1. The number of fused-ring (bicyclic) bond motifs is 1. The molecule has 1 aromatic heterocycles. The summed E-state index contributed by atoms with van der Waals surface area (Å²) in [5, 5.41) is 1.03. The molecule has 5 nitrogen and oxygen atoms in total. The summed E-state index contributed by atoms with van der Waals surface area (Å²) in [6, 6.07) is 15.6. The molecule has 0 spiro atoms. The molecule has 1 atom stereocenters. The number of pyridine rings is 1. The average molecular weight is 375 g/mol. The maximum Gasteiger partial charge on any atom is 0.256 e. The smallest absolute Gasteiger partial charge is 0.256 e. The van der Waals surface area contributed by atoms with Gasteiger partial charge in [-0.1, -0.05) is 30.3 Å². The highest BCUT2D eigenvalue weighted by Crippen LogP contribution is 2.26. The normalized spacial score (nSPS) is 16.9. The summed E-state index contributed by atoms with van der Waals surface area (Å²) in [6.45, 7) is 3.52. The molecule has 1 saturated heterocycles. The number of carbonyl (C=O) groups is 1. The molecular weight excluding hydrogens is 350 g/mol. The van der Waals surface area contributed by atoms with Crippen molar-refractivity contribution in [2.24, 2.45) is 0 Å². The Morgan fingerprint density at radius 1 is 1.11 bits per heavy atom. The molecule has 3 aromatic rings. The van der Waals surface area contributed by atoms with Gasteiger partial charge in [-0.25, -0.2) is 0 Å². The fourth-order valence-corrected chi connectivity index (χ4v) is 4.07. The first-order valence-corrected chi connectivity index (χ1v) is 9.63. The van der Waals surface area contributed by atoms with E-state index in [9.17, 15) is 9.59 Å². The minimum Gasteiger partial charge on any atom is -0.337 e. The topological polar surface area (TPSA) is 56.4 Å². The Morgan fingerprint density at radius 3 is 2.50 bits per heavy atom. The van der Waals surface area contributed by atoms with Crippen molar-refractivity contribution < 1.29 is 4.79 Å². The number of rotatable bonds is 3. The third-order valence-electron chi connectivity index (χ3n) is 5.78. The molecular formula is C23H25N3O2. The van der Waals surface area contributed by atoms with Gasteiger partial charge in [0.1, 0.15) is 0 Å². The van der Waals surface area contributed by atoms with E-state index in [2.05, 4.69) is 24.0 Å². The molecule has 0 aliphatic carbocycles. The van der Waals surface area contributed by atoms with Crippen LogP contribution in [0, 0.1) is 6.92 Å². The number of hydrogen-bond donors (Lipinski definition) is 1. The summed E-state index contributed by atoms with van der Waals surface area (Å²) >= 11 is 0. The Bertz CT molecular complexity index is 1080. The second-order valence-corrected chi connectivity index (χ2v) is 7.73. The van der Waals surface area contributed by atoms with E-state index in [0.717, 1.165) is 41.5 Å². The van der Waals surface area contributed by atoms with E-state index >= 15 is 0 Å². The first-order chi connectivity index (χ1) is 13.5. The number of hydrogen-bond acceptors (Lipinski definition) is 3. The van der Waals surface area contributed by atoms with Gasteiger partial charge in [0.2, 0.25) is 0 Å². The third kappa shape index (κ3) is 3.22. The molecule has 1 aliphatic heterocycles. The van der Waals surface area contributed by atoms with Crippen molar-refractivity contribution in [3.63, 3.8) is 0 Å². The number of amides is 1. The van der Waals surface area contributed by atoms with Gasteiger partial charge in [0.25, 0.3) is 11.5 Å². The Kier molecular flexibility index (Phi) is 4.77. The molecule has 1 N–H and O–H groups in total. The van der Waals surface area contributed by atoms with Gasteiger partial charge >= 0.3 is 0 Å². The first kappa shape index (κ1) is 18.4. The molecule has 2 heterocycles. The number of benzene rings is 2. The molecule has 0 radical (unpaired) electrons. The minimum atomic E-state index is -0.108. The zero-order valence-corrected chi connectivity index (χ0v) is 16.5. The van der Waals surface area contributed by atoms with Crippen molar-refractivity contribution in [2.75, 3.05) is 27.2 Å². The number of likely N-dealkylation sites (tertiary alicyclic amines) is 1. The van der Waals surface area contributed by atoms with E-state index in [4.69, 9.17) is 0 Å². The average Bonchev–Trinajstić information content (AvgIpc) is 3.18. The predicted molar refractivity (Wildman–Crippen MR) is 113 cm³/mol. The van der Waals surface area contributed by atoms with Crippen molar-refractivity contribution >= 4 is 16.8 Å². The van der Waals surface area contributed by atoms with E-state index in [1.165, 1.54) is 0 Å². The summed E-state index contributed by atoms with van der Waals surface area (Å²) in [5.41, 5.74) is 3.83. The van der Waals surface area contributed by atoms with Gasteiger partial charge < -0.3 is 14.8 Å². The number of aryl methyl sites for hydroxylation is 1. The summed E-state index contributed by atoms with van der Waals surface area (Å²) in [6.07, 6.45) is 1.00. The minimum absolute atomic E-state index is 0.0556. The summed E-state index contributed by atoms with van der Waals surface area (Å²) in [5.74, 6) is 0.0556. The lowest BCUT2D eigenvalue weighted by atomic mass is 9.97. The van der Waals surface area contributed by atoms with Gasteiger partial charge in [-0.15, -0.1) is 0 Å². The van der Waals surface area contributed by atoms with Gasteiger partial charge in [0, 0.05) is 35.6 Å². The van der Waals surface area contributed by atoms with E-state index in [1.807, 2.05) is 60.4 Å². The molecule has 2 aromatic carbocycles. The first-order valence-electron chi connectivity index (χ1n) is 9.63. The zero-order chi connectivity index (χ0) is 19.8. The number of para-hydroxylation sites is 1. The Morgan fingerprint density at radius 2 is 1.82 bits per heavy atom. The molecule has 28 heavy (non-hydrogen) atoms. The Balaban J connectivity index is 1.63. The molecule has 1 unspecified atom stereocenters. The third-order valence-corrected chi connectivity index (χ3v) is 5.78. The van der Waals surface area contributed by atoms with Crippen LogP contribution in [0.4, 0.5) is 0 Å². The second-order valence-electron chi connectivity index (χ2n) is 7.73. The van der Waals surface area contributed by atoms with Crippen molar-refractivity contribution in [1.29, 1.82) is 0 Å². The molecule has 1 fully saturated rings. The number of likely N-dealkylation sites (N-methyl/N-ethyl adjacent to an activating group) is 1. The van der Waals surface area contributed by atoms with Crippen molar-refractivity contribution in [3.8, 4) is 11.1 Å². The van der Waals surface area contributed by atoms with Gasteiger partial charge in [-0.05, 0) is 56.8 Å². The maximum absolute atomic E-state index is 12.8. The largest absolute Gasteiger partial charge is 0.337 e. The number of aromatic amines is 1. The predicted octanol–water partition coefficient (Wildman–Crippen LogP) is 3.28. The van der Waals surface area contributed by atoms with E-state index in [1.54, 1.807) is 0 Å². The monoisotopic (exact) mass is 375 g/mol. The Labute approximate surface area is 164 Å². The number of carbonyl (C=O) groups excluding carboxylic acids is 1. The lowest BCUT2D eigenvalue weighted by Crippen LogP contribution is -2.34. The summed E-state index contributed by atoms with van der Waals surface area (Å²) in [7, 11) is 4.10. The second kappa shape index (κ2) is 7.24. The van der Waals surface area contributed by atoms with Crippen LogP contribution in [0.25, 0.3) is 22.0 Å². The van der Waals surface area contributed by atoms with Crippen LogP contribution in [0.1, 0.15) is 22.3 Å². The zero-order valence-electron chi connectivity index (χ0n) is 16.5. The lowest BCUT2D eigenvalue weighted by molar-refractivity contribution is 0.0783. The number of nitrogens with one attached hydrogen (secondary N) is 1. The van der Waals surface area contributed by atoms with Crippen LogP contribution >= 0.6 is 0 Å². The van der Waals surface area contributed by atoms with Crippen LogP contribution in [0.3, 0.4) is 0 Å². The van der Waals surface area contributed by atoms with Crippen molar-refractivity contribution in [2.45, 2.75) is 19.4 Å². The SMILES string of the molecule is Cc1c(-c2ccc(C(=O)N3CCC(N(C)C)C3)cc2)c(=O)[nH]c2ccccc12. The van der Waals surface area contributed by atoms with E-state index in [-0.39, 0.29) is 11.5 Å². The van der Waals surface area contributed by atoms with Crippen molar-refractivity contribution in [1.82, 2.24) is 14.8 Å². The van der Waals surface area contributed by atoms with Gasteiger partial charge in [0.05, 0.1) is 5.56 Å². The van der Waals surface area contributed by atoms with E-state index < -0.39 is 0 Å². The summed E-state index contributed by atoms with van der Waals surface area (Å²) in [4.78, 5) is 32.5. The van der Waals surface area contributed by atoms with Crippen LogP contribution in [0.15, 0.2) is 53.3 Å². The fourth-order valence-electron chi connectivity index (χ4n) is 4.07. The van der Waals surface area contributed by atoms with E-state index in [0.29, 0.717) is 17.2 Å². The highest BCUT2D eigenvalue weighted by Gasteiger charge is 2.28. The molecule has 4 rings (SSSR count). The van der Waals surface area contributed by atoms with Gasteiger partial charge in [-0.2, -0.15) is 0 Å².